The molecule has 1 heterocycles. The first-order chi connectivity index (χ1) is 25.8. The molecule has 5 aromatic rings. The Balaban J connectivity index is 0. The molecule has 0 fully saturated rings. The van der Waals surface area contributed by atoms with Gasteiger partial charge in [0, 0.05) is 6.07 Å². The Morgan fingerprint density at radius 3 is 1.03 bits per heavy atom. The lowest BCUT2D eigenvalue weighted by atomic mass is 10.1. The molecule has 0 saturated carbocycles. The second-order valence-corrected chi connectivity index (χ2v) is 17.0. The maximum absolute atomic E-state index is 13.1. The van der Waals surface area contributed by atoms with Crippen LogP contribution in [0, 0.1) is 0 Å². The molecule has 58 heavy (non-hydrogen) atoms. The van der Waals surface area contributed by atoms with Gasteiger partial charge in [-0.1, -0.05) is 48.5 Å². The van der Waals surface area contributed by atoms with Crippen LogP contribution in [0.2, 0.25) is 0 Å². The summed E-state index contributed by atoms with van der Waals surface area (Å²) in [6.45, 7) is 0. The van der Waals surface area contributed by atoms with Crippen molar-refractivity contribution in [1.29, 1.82) is 0 Å². The molecule has 1 atom stereocenters. The van der Waals surface area contributed by atoms with Crippen LogP contribution >= 0.6 is 47.4 Å². The van der Waals surface area contributed by atoms with Gasteiger partial charge < -0.3 is 14.2 Å². The summed E-state index contributed by atoms with van der Waals surface area (Å²) in [5.41, 5.74) is 1.26. The van der Waals surface area contributed by atoms with Crippen LogP contribution in [0.4, 0.5) is 25.2 Å². The SMILES string of the molecule is O=P(O)(O)F.O=P(O)(O)F.O=P(O)(O)F.O=P(O)(O)F.O=P(O)(O)F.O=P([O-])(O)F.O=c1c2ccccc2oc2ccc([S+](c3ccccc3)c3ccccc3)cc12. The van der Waals surface area contributed by atoms with Gasteiger partial charge in [-0.25, -0.2) is 22.8 Å². The molecule has 20 nitrogen and oxygen atoms in total. The van der Waals surface area contributed by atoms with Crippen molar-refractivity contribution in [2.75, 3.05) is 0 Å². The Morgan fingerprint density at radius 2 is 0.707 bits per heavy atom. The first-order valence-corrected chi connectivity index (χ1v) is 23.8. The Labute approximate surface area is 323 Å². The summed E-state index contributed by atoms with van der Waals surface area (Å²) < 4.78 is 120. The van der Waals surface area contributed by atoms with Crippen molar-refractivity contribution in [3.63, 3.8) is 0 Å². The fourth-order valence-corrected chi connectivity index (χ4v) is 5.55. The third-order valence-corrected chi connectivity index (χ3v) is 6.95. The third-order valence-electron chi connectivity index (χ3n) is 4.74. The third kappa shape index (κ3) is 38.7. The maximum Gasteiger partial charge on any atom is 0.507 e. The van der Waals surface area contributed by atoms with E-state index < -0.39 is 47.4 Å². The van der Waals surface area contributed by atoms with E-state index in [2.05, 4.69) is 54.6 Å². The highest BCUT2D eigenvalue weighted by Gasteiger charge is 2.29. The van der Waals surface area contributed by atoms with Gasteiger partial charge in [0.25, 0.3) is 0 Å². The summed E-state index contributed by atoms with van der Waals surface area (Å²) in [4.78, 5) is 102. The van der Waals surface area contributed by atoms with Crippen LogP contribution in [-0.2, 0) is 38.3 Å². The van der Waals surface area contributed by atoms with E-state index >= 15 is 0 Å². The number of halogens is 6. The molecule has 0 bridgehead atoms. The second kappa shape index (κ2) is 25.1. The minimum absolute atomic E-state index is 0.0170. The lowest BCUT2D eigenvalue weighted by molar-refractivity contribution is -0.206. The van der Waals surface area contributed by atoms with Crippen molar-refractivity contribution in [3.05, 3.63) is 113 Å². The number of hydrogen-bond acceptors (Lipinski definition) is 9. The molecule has 0 aliphatic carbocycles. The monoisotopic (exact) mass is 980 g/mol. The summed E-state index contributed by atoms with van der Waals surface area (Å²) in [6.07, 6.45) is 0. The van der Waals surface area contributed by atoms with Crippen LogP contribution in [-0.4, -0.2) is 53.8 Å². The van der Waals surface area contributed by atoms with Crippen molar-refractivity contribution in [1.82, 2.24) is 0 Å². The van der Waals surface area contributed by atoms with Crippen LogP contribution in [0.5, 0.6) is 0 Å². The summed E-state index contributed by atoms with van der Waals surface area (Å²) in [6, 6.07) is 34.2. The van der Waals surface area contributed by atoms with E-state index in [4.69, 9.17) is 90.5 Å². The molecule has 0 radical (unpaired) electrons. The number of para-hydroxylation sites is 1. The van der Waals surface area contributed by atoms with Gasteiger partial charge in [0.15, 0.2) is 14.7 Å². The average molecular weight is 980 g/mol. The predicted octanol–water partition coefficient (Wildman–Crippen LogP) is 5.70. The van der Waals surface area contributed by atoms with E-state index in [1.165, 1.54) is 9.79 Å². The summed E-state index contributed by atoms with van der Waals surface area (Å²) in [5.74, 6) is 0. The van der Waals surface area contributed by atoms with Gasteiger partial charge in [0.1, 0.15) is 11.2 Å². The number of rotatable bonds is 3. The molecule has 4 aromatic carbocycles. The molecule has 0 amide bonds. The molecule has 0 saturated heterocycles. The lowest BCUT2D eigenvalue weighted by Crippen LogP contribution is -2.07. The molecular formula is C25H28F6O20P6S. The zero-order chi connectivity index (χ0) is 45.9. The van der Waals surface area contributed by atoms with Crippen LogP contribution < -0.4 is 10.3 Å². The quantitative estimate of drug-likeness (QED) is 0.0447. The second-order valence-electron chi connectivity index (χ2n) is 9.33. The van der Waals surface area contributed by atoms with E-state index in [1.54, 1.807) is 0 Å². The number of benzene rings is 4. The van der Waals surface area contributed by atoms with Crippen LogP contribution in [0.15, 0.2) is 127 Å². The summed E-state index contributed by atoms with van der Waals surface area (Å²) >= 11 is 0. The van der Waals surface area contributed by atoms with Crippen molar-refractivity contribution in [3.8, 4) is 0 Å². The molecule has 5 rings (SSSR count). The molecular weight excluding hydrogens is 952 g/mol. The first-order valence-electron chi connectivity index (χ1n) is 13.6. The minimum atomic E-state index is -5.39. The molecule has 0 aliphatic rings. The fourth-order valence-electron chi connectivity index (χ4n) is 3.43. The molecule has 11 N–H and O–H groups in total. The van der Waals surface area contributed by atoms with Gasteiger partial charge in [-0.05, 0) is 48.5 Å². The first kappa shape index (κ1) is 57.3. The van der Waals surface area contributed by atoms with Gasteiger partial charge in [-0.15, -0.1) is 21.0 Å². The molecule has 326 valence electrons. The lowest BCUT2D eigenvalue weighted by Gasteiger charge is -2.09. The van der Waals surface area contributed by atoms with E-state index in [0.29, 0.717) is 21.9 Å². The summed E-state index contributed by atoms with van der Waals surface area (Å²) in [5, 5.41) is 1.24. The molecule has 1 aromatic heterocycles. The molecule has 0 aliphatic heterocycles. The van der Waals surface area contributed by atoms with Gasteiger partial charge >= 0.3 is 47.4 Å². The zero-order valence-corrected chi connectivity index (χ0v) is 34.0. The number of hydrogen-bond donors (Lipinski definition) is 11. The van der Waals surface area contributed by atoms with E-state index in [-0.39, 0.29) is 16.3 Å². The zero-order valence-electron chi connectivity index (χ0n) is 27.8. The Hall–Kier alpha value is -2.82. The minimum Gasteiger partial charge on any atom is -0.753 e. The maximum atomic E-state index is 13.1. The normalized spacial score (nSPS) is 12.4. The summed E-state index contributed by atoms with van der Waals surface area (Å²) in [7, 11) is -31.4. The standard InChI is InChI=1S/C25H17O2S.6FH2O3P/c26-25-21-13-7-8-14-23(21)27-24-16-15-20(17-22(24)25)28(18-9-3-1-4-10-18)19-11-5-2-6-12-19;6*1-5(2,3)4/h1-17H;6*(H2,2,3,4)/q+1;;;;;;/p-1. The number of fused-ring (bicyclic) bond motifs is 2. The topological polar surface area (TPSA) is 378 Å². The van der Waals surface area contributed by atoms with Crippen LogP contribution in [0.3, 0.4) is 0 Å². The van der Waals surface area contributed by atoms with Crippen LogP contribution in [0.1, 0.15) is 0 Å². The van der Waals surface area contributed by atoms with Gasteiger partial charge in [-0.2, -0.15) is 4.20 Å². The Morgan fingerprint density at radius 1 is 0.431 bits per heavy atom. The van der Waals surface area contributed by atoms with Gasteiger partial charge in [0.2, 0.25) is 5.43 Å². The van der Waals surface area contributed by atoms with Crippen molar-refractivity contribution in [2.24, 2.45) is 0 Å². The van der Waals surface area contributed by atoms with E-state index in [0.717, 1.165) is 4.90 Å². The molecule has 1 unspecified atom stereocenters. The molecule has 33 heteroatoms. The van der Waals surface area contributed by atoms with Crippen molar-refractivity contribution < 1.29 is 116 Å². The Kier molecular flexibility index (Phi) is 24.8. The van der Waals surface area contributed by atoms with E-state index in [9.17, 15) is 30.0 Å². The highest BCUT2D eigenvalue weighted by Crippen LogP contribution is 2.37. The highest BCUT2D eigenvalue weighted by molar-refractivity contribution is 7.97. The predicted molar refractivity (Wildman–Crippen MR) is 192 cm³/mol. The largest absolute Gasteiger partial charge is 0.753 e. The van der Waals surface area contributed by atoms with Gasteiger partial charge in [-0.3, -0.25) is 58.3 Å². The van der Waals surface area contributed by atoms with Crippen molar-refractivity contribution >= 4 is 80.3 Å². The average Bonchev–Trinajstić information content (AvgIpc) is 2.98. The fraction of sp³-hybridized carbons (Fsp3) is 0. The smallest absolute Gasteiger partial charge is 0.507 e. The van der Waals surface area contributed by atoms with Crippen LogP contribution in [0.25, 0.3) is 21.9 Å². The van der Waals surface area contributed by atoms with Gasteiger partial charge in [0.05, 0.1) is 21.7 Å². The van der Waals surface area contributed by atoms with Crippen molar-refractivity contribution in [2.45, 2.75) is 14.7 Å². The van der Waals surface area contributed by atoms with E-state index in [1.807, 2.05) is 48.5 Å². The Bertz CT molecular complexity index is 2120. The highest BCUT2D eigenvalue weighted by atomic mass is 32.2. The molecule has 0 spiro atoms.